The topological polar surface area (TPSA) is 56.5 Å². The van der Waals surface area contributed by atoms with E-state index in [1.54, 1.807) is 0 Å². The number of hydrogen-bond donors (Lipinski definition) is 0. The Kier molecular flexibility index (Phi) is 6.83. The maximum absolute atomic E-state index is 7.07. The van der Waals surface area contributed by atoms with Crippen LogP contribution in [0.1, 0.15) is 54.2 Å². The van der Waals surface area contributed by atoms with Gasteiger partial charge in [0.05, 0.1) is 22.7 Å². The van der Waals surface area contributed by atoms with Crippen LogP contribution >= 0.6 is 0 Å². The Balaban J connectivity index is 1.33. The molecule has 0 bridgehead atoms. The Bertz CT molecular complexity index is 2520. The summed E-state index contributed by atoms with van der Waals surface area (Å²) in [6.07, 6.45) is 0. The first-order valence-corrected chi connectivity index (χ1v) is 18.7. The lowest BCUT2D eigenvalue weighted by molar-refractivity contribution is 0.170. The molecule has 0 fully saturated rings. The second-order valence-corrected chi connectivity index (χ2v) is 16.1. The lowest BCUT2D eigenvalue weighted by Crippen LogP contribution is -2.61. The van der Waals surface area contributed by atoms with Crippen LogP contribution in [0.4, 0.5) is 34.1 Å². The van der Waals surface area contributed by atoms with Gasteiger partial charge in [0.2, 0.25) is 0 Å². The van der Waals surface area contributed by atoms with Gasteiger partial charge in [0.15, 0.2) is 23.0 Å². The van der Waals surface area contributed by atoms with Crippen LogP contribution < -0.4 is 45.3 Å². The molecule has 0 atom stereocenters. The average molecular weight is 703 g/mol. The molecule has 8 heteroatoms. The number of benzene rings is 5. The van der Waals surface area contributed by atoms with E-state index in [-0.39, 0.29) is 12.1 Å². The third-order valence-electron chi connectivity index (χ3n) is 11.4. The zero-order valence-corrected chi connectivity index (χ0v) is 31.7. The van der Waals surface area contributed by atoms with E-state index in [1.165, 1.54) is 33.4 Å². The minimum Gasteiger partial charge on any atom is -0.486 e. The van der Waals surface area contributed by atoms with E-state index in [4.69, 9.17) is 23.4 Å². The Morgan fingerprint density at radius 2 is 1.23 bits per heavy atom. The van der Waals surface area contributed by atoms with Crippen LogP contribution in [0.15, 0.2) is 71.1 Å². The molecule has 0 spiro atoms. The molecule has 4 aliphatic heterocycles. The summed E-state index contributed by atoms with van der Waals surface area (Å²) in [6, 6.07) is 24.3. The molecule has 6 aromatic rings. The van der Waals surface area contributed by atoms with Gasteiger partial charge in [-0.2, -0.15) is 0 Å². The van der Waals surface area contributed by atoms with Gasteiger partial charge in [0.25, 0.3) is 6.71 Å². The molecule has 5 aromatic carbocycles. The number of aryl methyl sites for hydroxylation is 4. The number of anilines is 6. The fourth-order valence-corrected chi connectivity index (χ4v) is 9.16. The fraction of sp³-hybridized carbons (Fsp3) is 0.289. The Labute approximate surface area is 311 Å². The third-order valence-corrected chi connectivity index (χ3v) is 11.4. The summed E-state index contributed by atoms with van der Waals surface area (Å²) in [5.74, 6) is 3.13. The molecule has 53 heavy (non-hydrogen) atoms. The molecule has 0 saturated carbocycles. The van der Waals surface area contributed by atoms with Crippen molar-refractivity contribution in [3.8, 4) is 23.0 Å². The highest BCUT2D eigenvalue weighted by Gasteiger charge is 2.48. The summed E-state index contributed by atoms with van der Waals surface area (Å²) in [5, 5.41) is 1.07. The van der Waals surface area contributed by atoms with Crippen LogP contribution in [0, 0.1) is 34.6 Å². The van der Waals surface area contributed by atoms with Crippen LogP contribution in [-0.2, 0) is 5.41 Å². The van der Waals surface area contributed by atoms with Gasteiger partial charge in [-0.15, -0.1) is 0 Å². The summed E-state index contributed by atoms with van der Waals surface area (Å²) in [7, 11) is 0. The molecule has 0 N–H and O–H groups in total. The molecule has 266 valence electrons. The van der Waals surface area contributed by atoms with Crippen LogP contribution in [0.25, 0.3) is 11.0 Å². The van der Waals surface area contributed by atoms with Gasteiger partial charge in [-0.1, -0.05) is 45.0 Å². The number of para-hydroxylation sites is 1. The first kappa shape index (κ1) is 32.2. The van der Waals surface area contributed by atoms with Gasteiger partial charge in [0.1, 0.15) is 32.0 Å². The number of nitrogens with zero attached hydrogens (tertiary/aromatic N) is 2. The van der Waals surface area contributed by atoms with E-state index in [0.29, 0.717) is 26.4 Å². The van der Waals surface area contributed by atoms with Gasteiger partial charge in [-0.3, -0.25) is 0 Å². The normalized spacial score (nSPS) is 15.4. The van der Waals surface area contributed by atoms with Crippen molar-refractivity contribution < 1.29 is 23.4 Å². The molecule has 0 saturated heterocycles. The van der Waals surface area contributed by atoms with E-state index in [1.807, 2.05) is 0 Å². The summed E-state index contributed by atoms with van der Waals surface area (Å²) < 4.78 is 32.1. The van der Waals surface area contributed by atoms with Crippen LogP contribution in [-0.4, -0.2) is 33.1 Å². The van der Waals surface area contributed by atoms with Crippen molar-refractivity contribution in [2.45, 2.75) is 60.8 Å². The molecule has 10 rings (SSSR count). The Hall–Kier alpha value is -5.50. The number of hydrogen-bond acceptors (Lipinski definition) is 7. The molecule has 0 amide bonds. The fourth-order valence-electron chi connectivity index (χ4n) is 9.16. The Morgan fingerprint density at radius 3 is 1.94 bits per heavy atom. The molecule has 1 aromatic heterocycles. The van der Waals surface area contributed by atoms with Gasteiger partial charge in [0, 0.05) is 34.1 Å². The number of rotatable bonds is 2. The lowest BCUT2D eigenvalue weighted by Gasteiger charge is -2.44. The molecule has 0 unspecified atom stereocenters. The van der Waals surface area contributed by atoms with Gasteiger partial charge in [-0.05, 0) is 115 Å². The first-order valence-electron chi connectivity index (χ1n) is 18.7. The lowest BCUT2D eigenvalue weighted by atomic mass is 9.35. The minimum atomic E-state index is -0.200. The van der Waals surface area contributed by atoms with E-state index in [2.05, 4.69) is 132 Å². The average Bonchev–Trinajstić information content (AvgIpc) is 3.51. The predicted molar refractivity (Wildman–Crippen MR) is 215 cm³/mol. The molecular weight excluding hydrogens is 659 g/mol. The summed E-state index contributed by atoms with van der Waals surface area (Å²) in [5.41, 5.74) is 17.8. The highest BCUT2D eigenvalue weighted by Crippen LogP contribution is 2.52. The smallest absolute Gasteiger partial charge is 0.297 e. The van der Waals surface area contributed by atoms with Crippen LogP contribution in [0.2, 0.25) is 0 Å². The van der Waals surface area contributed by atoms with E-state index >= 15 is 0 Å². The van der Waals surface area contributed by atoms with E-state index in [9.17, 15) is 0 Å². The van der Waals surface area contributed by atoms with Crippen molar-refractivity contribution >= 4 is 68.4 Å². The highest BCUT2D eigenvalue weighted by atomic mass is 16.6. The van der Waals surface area contributed by atoms with Crippen molar-refractivity contribution in [1.29, 1.82) is 0 Å². The second-order valence-electron chi connectivity index (χ2n) is 16.1. The van der Waals surface area contributed by atoms with Crippen molar-refractivity contribution in [1.82, 2.24) is 0 Å². The van der Waals surface area contributed by atoms with Gasteiger partial charge in [-0.25, -0.2) is 0 Å². The number of furan rings is 1. The molecule has 0 radical (unpaired) electrons. The van der Waals surface area contributed by atoms with Crippen molar-refractivity contribution in [3.05, 3.63) is 100 Å². The summed E-state index contributed by atoms with van der Waals surface area (Å²) in [6.45, 7) is 19.8. The molecule has 0 aliphatic carbocycles. The molecule has 5 heterocycles. The molecule has 7 nitrogen and oxygen atoms in total. The Morgan fingerprint density at radius 1 is 0.604 bits per heavy atom. The minimum absolute atomic E-state index is 0.0171. The SMILES string of the molecule is Cc1cc2c3c(c1)N(c1c(C)cc4c(c1C)OCCO4)c1c(oc4ccccc14)B3c1cc3c(cc1N2c1c(C)cc(C(C)(C)C)cc1C)OCCO3. The van der Waals surface area contributed by atoms with Crippen molar-refractivity contribution in [3.63, 3.8) is 0 Å². The number of ether oxygens (including phenoxy) is 4. The van der Waals surface area contributed by atoms with E-state index < -0.39 is 0 Å². The van der Waals surface area contributed by atoms with E-state index in [0.717, 1.165) is 84.7 Å². The van der Waals surface area contributed by atoms with Crippen LogP contribution in [0.3, 0.4) is 0 Å². The van der Waals surface area contributed by atoms with Crippen molar-refractivity contribution in [2.24, 2.45) is 0 Å². The number of fused-ring (bicyclic) bond motifs is 8. The first-order chi connectivity index (χ1) is 25.5. The highest BCUT2D eigenvalue weighted by molar-refractivity contribution is 7.00. The zero-order chi connectivity index (χ0) is 36.5. The second kappa shape index (κ2) is 11.3. The quantitative estimate of drug-likeness (QED) is 0.167. The van der Waals surface area contributed by atoms with Gasteiger partial charge < -0.3 is 33.2 Å². The molecular formula is C45H43BN2O5. The maximum Gasteiger partial charge on any atom is 0.297 e. The monoisotopic (exact) mass is 702 g/mol. The molecule has 4 aliphatic rings. The van der Waals surface area contributed by atoms with Gasteiger partial charge >= 0.3 is 0 Å². The van der Waals surface area contributed by atoms with Crippen LogP contribution in [0.5, 0.6) is 23.0 Å². The zero-order valence-electron chi connectivity index (χ0n) is 31.7. The predicted octanol–water partition coefficient (Wildman–Crippen LogP) is 8.90. The third kappa shape index (κ3) is 4.60. The standard InChI is InChI=1S/C45H43BN2O5/c1-24-17-33-39-34(18-24)48(41-27(4)21-38-43(28(41)5)52-16-15-51-38)42-30-11-9-10-12-35(30)53-44(42)46(39)31-22-36-37(50-14-13-49-36)23-32(31)47(33)40-25(2)19-29(20-26(40)3)45(6,7)8/h9-12,17-23H,13-16H2,1-8H3. The summed E-state index contributed by atoms with van der Waals surface area (Å²) >= 11 is 0. The summed E-state index contributed by atoms with van der Waals surface area (Å²) in [4.78, 5) is 4.92. The van der Waals surface area contributed by atoms with Crippen molar-refractivity contribution in [2.75, 3.05) is 36.2 Å². The largest absolute Gasteiger partial charge is 0.486 e. The maximum atomic E-state index is 7.07.